The van der Waals surface area contributed by atoms with Crippen molar-refractivity contribution in [1.29, 1.82) is 0 Å². The van der Waals surface area contributed by atoms with Crippen molar-refractivity contribution >= 4 is 11.4 Å². The van der Waals surface area contributed by atoms with E-state index in [0.29, 0.717) is 12.1 Å². The normalized spacial score (nSPS) is 10.5. The third-order valence-corrected chi connectivity index (χ3v) is 5.24. The van der Waals surface area contributed by atoms with E-state index >= 15 is 0 Å². The summed E-state index contributed by atoms with van der Waals surface area (Å²) in [6.45, 7) is 23.8. The molecular formula is C33H50N2. The molecule has 0 spiro atoms. The molecule has 2 N–H and O–H groups in total. The fourth-order valence-corrected chi connectivity index (χ4v) is 4.06. The lowest BCUT2D eigenvalue weighted by Gasteiger charge is -2.11. The summed E-state index contributed by atoms with van der Waals surface area (Å²) in [5.74, 6) is 0.760. The van der Waals surface area contributed by atoms with Gasteiger partial charge in [-0.15, -0.1) is 0 Å². The van der Waals surface area contributed by atoms with E-state index in [4.69, 9.17) is 0 Å². The molecule has 0 fully saturated rings. The van der Waals surface area contributed by atoms with Crippen LogP contribution in [0.5, 0.6) is 0 Å². The van der Waals surface area contributed by atoms with Gasteiger partial charge in [0, 0.05) is 23.5 Å². The van der Waals surface area contributed by atoms with Gasteiger partial charge in [0.1, 0.15) is 0 Å². The van der Waals surface area contributed by atoms with E-state index in [1.807, 2.05) is 0 Å². The third-order valence-electron chi connectivity index (χ3n) is 5.24. The molecule has 2 heteroatoms. The Bertz CT molecular complexity index is 917. The van der Waals surface area contributed by atoms with Crippen molar-refractivity contribution in [2.24, 2.45) is 5.92 Å². The Balaban J connectivity index is 0.000000263. The van der Waals surface area contributed by atoms with Crippen LogP contribution in [0.15, 0.2) is 60.7 Å². The average Bonchev–Trinajstić information content (AvgIpc) is 2.68. The van der Waals surface area contributed by atoms with E-state index in [0.717, 1.165) is 5.92 Å². The van der Waals surface area contributed by atoms with Gasteiger partial charge in [-0.05, 0) is 132 Å². The van der Waals surface area contributed by atoms with Crippen LogP contribution in [-0.4, -0.2) is 12.1 Å². The van der Waals surface area contributed by atoms with Crippen LogP contribution >= 0.6 is 0 Å². The molecule has 0 saturated carbocycles. The van der Waals surface area contributed by atoms with Crippen LogP contribution in [0.1, 0.15) is 74.9 Å². The molecule has 0 amide bonds. The summed E-state index contributed by atoms with van der Waals surface area (Å²) < 4.78 is 0. The number of nitrogens with one attached hydrogen (secondary N) is 2. The second-order valence-electron chi connectivity index (χ2n) is 10.9. The third kappa shape index (κ3) is 13.7. The fraction of sp³-hybridized carbons (Fsp3) is 0.455. The van der Waals surface area contributed by atoms with Crippen LogP contribution in [0.2, 0.25) is 0 Å². The van der Waals surface area contributed by atoms with Crippen molar-refractivity contribution in [1.82, 2.24) is 0 Å². The van der Waals surface area contributed by atoms with Gasteiger partial charge in [0.05, 0.1) is 0 Å². The molecule has 0 bridgehead atoms. The first-order valence-corrected chi connectivity index (χ1v) is 13.1. The lowest BCUT2D eigenvalue weighted by atomic mass is 9.99. The van der Waals surface area contributed by atoms with Crippen LogP contribution in [0.25, 0.3) is 0 Å². The first-order valence-electron chi connectivity index (χ1n) is 13.1. The zero-order chi connectivity index (χ0) is 26.5. The topological polar surface area (TPSA) is 24.1 Å². The maximum atomic E-state index is 3.39. The summed E-state index contributed by atoms with van der Waals surface area (Å²) in [5, 5.41) is 6.77. The zero-order valence-corrected chi connectivity index (χ0v) is 24.2. The molecule has 0 saturated heterocycles. The molecule has 3 rings (SSSR count). The molecule has 0 radical (unpaired) electrons. The largest absolute Gasteiger partial charge is 0.383 e. The van der Waals surface area contributed by atoms with E-state index in [2.05, 4.69) is 147 Å². The molecule has 192 valence electrons. The number of benzene rings is 3. The second-order valence-corrected chi connectivity index (χ2v) is 10.9. The Morgan fingerprint density at radius 1 is 0.543 bits per heavy atom. The van der Waals surface area contributed by atoms with Gasteiger partial charge in [-0.25, -0.2) is 0 Å². The molecule has 0 heterocycles. The Hall–Kier alpha value is -2.74. The highest BCUT2D eigenvalue weighted by Crippen LogP contribution is 2.15. The SMILES string of the molecule is Cc1cc(C)cc(NC(C)C)c1.Cc1cc(C)cc(NC(C)C)c1.Cc1ccccc1CC(C)C. The molecule has 0 aromatic heterocycles. The second kappa shape index (κ2) is 15.3. The van der Waals surface area contributed by atoms with Gasteiger partial charge in [-0.2, -0.15) is 0 Å². The molecule has 0 aliphatic heterocycles. The molecule has 0 atom stereocenters. The molecule has 0 aliphatic rings. The maximum absolute atomic E-state index is 3.39. The van der Waals surface area contributed by atoms with Gasteiger partial charge < -0.3 is 10.6 Å². The van der Waals surface area contributed by atoms with Crippen molar-refractivity contribution < 1.29 is 0 Å². The summed E-state index contributed by atoms with van der Waals surface area (Å²) in [4.78, 5) is 0. The average molecular weight is 475 g/mol. The number of hydrogen-bond acceptors (Lipinski definition) is 2. The van der Waals surface area contributed by atoms with Crippen molar-refractivity contribution in [3.63, 3.8) is 0 Å². The first kappa shape index (κ1) is 30.3. The summed E-state index contributed by atoms with van der Waals surface area (Å²) in [6, 6.07) is 22.7. The summed E-state index contributed by atoms with van der Waals surface area (Å²) in [6.07, 6.45) is 1.20. The van der Waals surface area contributed by atoms with Crippen LogP contribution in [0, 0.1) is 40.5 Å². The van der Waals surface area contributed by atoms with E-state index in [1.165, 1.54) is 51.2 Å². The quantitative estimate of drug-likeness (QED) is 0.372. The minimum atomic E-state index is 0.506. The Morgan fingerprint density at radius 3 is 1.23 bits per heavy atom. The highest BCUT2D eigenvalue weighted by molar-refractivity contribution is 5.49. The van der Waals surface area contributed by atoms with Gasteiger partial charge in [0.2, 0.25) is 0 Å². The molecule has 3 aromatic carbocycles. The minimum absolute atomic E-state index is 0.506. The standard InChI is InChI=1S/2C11H17N.C11H16/c2*1-8(2)12-11-6-9(3)5-10(4)7-11;1-9(2)8-11-7-5-4-6-10(11)3/h2*5-8,12H,1-4H3;4-7,9H,8H2,1-3H3. The van der Waals surface area contributed by atoms with E-state index < -0.39 is 0 Å². The molecule has 3 aromatic rings. The van der Waals surface area contributed by atoms with Gasteiger partial charge in [-0.1, -0.05) is 50.2 Å². The lowest BCUT2D eigenvalue weighted by Crippen LogP contribution is -2.09. The predicted octanol–water partition coefficient (Wildman–Crippen LogP) is 9.44. The fourth-order valence-electron chi connectivity index (χ4n) is 4.06. The van der Waals surface area contributed by atoms with Gasteiger partial charge in [0.25, 0.3) is 0 Å². The number of anilines is 2. The molecule has 35 heavy (non-hydrogen) atoms. The number of hydrogen-bond donors (Lipinski definition) is 2. The molecule has 2 nitrogen and oxygen atoms in total. The molecular weight excluding hydrogens is 424 g/mol. The Kier molecular flexibility index (Phi) is 13.2. The highest BCUT2D eigenvalue weighted by Gasteiger charge is 1.99. The monoisotopic (exact) mass is 474 g/mol. The number of rotatable bonds is 6. The van der Waals surface area contributed by atoms with Crippen molar-refractivity contribution in [2.75, 3.05) is 10.6 Å². The van der Waals surface area contributed by atoms with Crippen LogP contribution in [0.3, 0.4) is 0 Å². The van der Waals surface area contributed by atoms with Gasteiger partial charge >= 0.3 is 0 Å². The van der Waals surface area contributed by atoms with Gasteiger partial charge in [0.15, 0.2) is 0 Å². The number of aryl methyl sites for hydroxylation is 5. The van der Waals surface area contributed by atoms with E-state index in [1.54, 1.807) is 0 Å². The summed E-state index contributed by atoms with van der Waals surface area (Å²) >= 11 is 0. The Morgan fingerprint density at radius 2 is 0.914 bits per heavy atom. The highest BCUT2D eigenvalue weighted by atomic mass is 14.9. The minimum Gasteiger partial charge on any atom is -0.383 e. The van der Waals surface area contributed by atoms with Gasteiger partial charge in [-0.3, -0.25) is 0 Å². The van der Waals surface area contributed by atoms with Crippen molar-refractivity contribution in [2.45, 2.75) is 94.7 Å². The zero-order valence-electron chi connectivity index (χ0n) is 24.2. The maximum Gasteiger partial charge on any atom is 0.0347 e. The first-order chi connectivity index (χ1) is 16.3. The van der Waals surface area contributed by atoms with Crippen molar-refractivity contribution in [3.8, 4) is 0 Å². The van der Waals surface area contributed by atoms with Crippen molar-refractivity contribution in [3.05, 3.63) is 94.0 Å². The lowest BCUT2D eigenvalue weighted by molar-refractivity contribution is 0.645. The summed E-state index contributed by atoms with van der Waals surface area (Å²) in [7, 11) is 0. The van der Waals surface area contributed by atoms with E-state index in [-0.39, 0.29) is 0 Å². The predicted molar refractivity (Wildman–Crippen MR) is 159 cm³/mol. The van der Waals surface area contributed by atoms with Crippen LogP contribution in [-0.2, 0) is 6.42 Å². The van der Waals surface area contributed by atoms with E-state index in [9.17, 15) is 0 Å². The Labute approximate surface area is 216 Å². The van der Waals surface area contributed by atoms with Crippen LogP contribution < -0.4 is 10.6 Å². The molecule has 0 aliphatic carbocycles. The summed E-state index contributed by atoms with van der Waals surface area (Å²) in [5.41, 5.74) is 10.6. The van der Waals surface area contributed by atoms with Crippen LogP contribution in [0.4, 0.5) is 11.4 Å². The molecule has 0 unspecified atom stereocenters. The smallest absolute Gasteiger partial charge is 0.0347 e.